The average molecular weight is 159 g/mol. The van der Waals surface area contributed by atoms with Crippen LogP contribution in [0.25, 0.3) is 0 Å². The first-order chi connectivity index (χ1) is 5.11. The van der Waals surface area contributed by atoms with Gasteiger partial charge in [-0.25, -0.2) is 0 Å². The first-order valence-electron chi connectivity index (χ1n) is 3.47. The molecule has 2 atom stereocenters. The molecule has 62 valence electrons. The van der Waals surface area contributed by atoms with Gasteiger partial charge >= 0.3 is 5.97 Å². The van der Waals surface area contributed by atoms with Crippen LogP contribution in [0.4, 0.5) is 0 Å². The summed E-state index contributed by atoms with van der Waals surface area (Å²) in [5, 5.41) is 18.7. The van der Waals surface area contributed by atoms with Crippen molar-refractivity contribution in [2.75, 3.05) is 0 Å². The molecule has 5 nitrogen and oxygen atoms in total. The normalized spacial score (nSPS) is 30.2. The zero-order valence-electron chi connectivity index (χ0n) is 5.90. The molecule has 1 saturated carbocycles. The van der Waals surface area contributed by atoms with Gasteiger partial charge in [-0.15, -0.1) is 0 Å². The van der Waals surface area contributed by atoms with Crippen molar-refractivity contribution in [1.29, 1.82) is 0 Å². The second-order valence-electron chi connectivity index (χ2n) is 2.79. The summed E-state index contributed by atoms with van der Waals surface area (Å²) in [7, 11) is 0. The molecule has 0 bridgehead atoms. The highest BCUT2D eigenvalue weighted by molar-refractivity contribution is 5.70. The van der Waals surface area contributed by atoms with Crippen molar-refractivity contribution >= 4 is 5.97 Å². The Labute approximate surface area is 63.2 Å². The van der Waals surface area contributed by atoms with E-state index in [1.54, 1.807) is 0 Å². The molecule has 0 saturated heterocycles. The Hall–Kier alpha value is -1.13. The number of carbonyl (C=O) groups is 1. The minimum atomic E-state index is -0.908. The third-order valence-corrected chi connectivity index (χ3v) is 2.05. The highest BCUT2D eigenvalue weighted by atomic mass is 16.6. The Bertz CT molecular complexity index is 171. The van der Waals surface area contributed by atoms with Crippen LogP contribution < -0.4 is 0 Å². The first kappa shape index (κ1) is 7.97. The van der Waals surface area contributed by atoms with Crippen molar-refractivity contribution in [1.82, 2.24) is 0 Å². The standard InChI is InChI=1S/C6H9NO4/c8-6(9)4-1-2-5(3-4)7(10)11/h4-5H,1-3H2,(H,8,9). The Morgan fingerprint density at radius 1 is 1.55 bits per heavy atom. The summed E-state index contributed by atoms with van der Waals surface area (Å²) >= 11 is 0. The van der Waals surface area contributed by atoms with Crippen LogP contribution in [0.3, 0.4) is 0 Å². The van der Waals surface area contributed by atoms with Crippen LogP contribution in [-0.4, -0.2) is 22.0 Å². The molecule has 5 heteroatoms. The first-order valence-corrected chi connectivity index (χ1v) is 3.47. The van der Waals surface area contributed by atoms with Crippen LogP contribution in [-0.2, 0) is 4.79 Å². The van der Waals surface area contributed by atoms with Crippen molar-refractivity contribution in [3.8, 4) is 0 Å². The summed E-state index contributed by atoms with van der Waals surface area (Å²) in [6, 6.07) is -0.629. The van der Waals surface area contributed by atoms with Crippen LogP contribution >= 0.6 is 0 Å². The van der Waals surface area contributed by atoms with Crippen molar-refractivity contribution in [2.24, 2.45) is 5.92 Å². The Balaban J connectivity index is 2.47. The van der Waals surface area contributed by atoms with E-state index in [4.69, 9.17) is 5.11 Å². The maximum Gasteiger partial charge on any atom is 0.306 e. The predicted molar refractivity (Wildman–Crippen MR) is 35.8 cm³/mol. The molecule has 0 aromatic rings. The van der Waals surface area contributed by atoms with E-state index in [9.17, 15) is 14.9 Å². The summed E-state index contributed by atoms with van der Waals surface area (Å²) in [6.07, 6.45) is 1.05. The number of nitro groups is 1. The van der Waals surface area contributed by atoms with E-state index >= 15 is 0 Å². The maximum absolute atomic E-state index is 10.3. The number of aliphatic carboxylic acids is 1. The van der Waals surface area contributed by atoms with Crippen LogP contribution in [0, 0.1) is 16.0 Å². The van der Waals surface area contributed by atoms with E-state index in [-0.39, 0.29) is 11.3 Å². The quantitative estimate of drug-likeness (QED) is 0.470. The number of nitrogens with zero attached hydrogens (tertiary/aromatic N) is 1. The Morgan fingerprint density at radius 3 is 2.45 bits per heavy atom. The van der Waals surface area contributed by atoms with E-state index in [1.807, 2.05) is 0 Å². The Kier molecular flexibility index (Phi) is 2.07. The number of hydrogen-bond donors (Lipinski definition) is 1. The van der Waals surface area contributed by atoms with E-state index in [2.05, 4.69) is 0 Å². The molecule has 1 fully saturated rings. The molecule has 0 radical (unpaired) electrons. The fourth-order valence-electron chi connectivity index (χ4n) is 1.37. The predicted octanol–water partition coefficient (Wildman–Crippen LogP) is 0.516. The molecule has 1 rings (SSSR count). The number of rotatable bonds is 2. The molecule has 0 aromatic carbocycles. The van der Waals surface area contributed by atoms with Gasteiger partial charge in [0.25, 0.3) is 0 Å². The number of hydrogen-bond acceptors (Lipinski definition) is 3. The molecular weight excluding hydrogens is 150 g/mol. The van der Waals surface area contributed by atoms with Crippen LogP contribution in [0.15, 0.2) is 0 Å². The second-order valence-corrected chi connectivity index (χ2v) is 2.79. The number of carboxylic acids is 1. The summed E-state index contributed by atoms with van der Waals surface area (Å²) in [6.45, 7) is 0. The lowest BCUT2D eigenvalue weighted by atomic mass is 10.1. The third-order valence-electron chi connectivity index (χ3n) is 2.05. The van der Waals surface area contributed by atoms with E-state index < -0.39 is 17.9 Å². The maximum atomic E-state index is 10.3. The lowest BCUT2D eigenvalue weighted by molar-refractivity contribution is -0.520. The highest BCUT2D eigenvalue weighted by Crippen LogP contribution is 2.27. The SMILES string of the molecule is O=C(O)C1CCC([N+](=O)[O-])C1. The van der Waals surface area contributed by atoms with Crippen molar-refractivity contribution < 1.29 is 14.8 Å². The van der Waals surface area contributed by atoms with Crippen molar-refractivity contribution in [3.63, 3.8) is 0 Å². The topological polar surface area (TPSA) is 80.4 Å². The largest absolute Gasteiger partial charge is 0.481 e. The van der Waals surface area contributed by atoms with Crippen LogP contribution in [0.2, 0.25) is 0 Å². The third kappa shape index (κ3) is 1.66. The lowest BCUT2D eigenvalue weighted by Crippen LogP contribution is -2.17. The van der Waals surface area contributed by atoms with Gasteiger partial charge in [0.05, 0.1) is 5.92 Å². The fourth-order valence-corrected chi connectivity index (χ4v) is 1.37. The van der Waals surface area contributed by atoms with Crippen LogP contribution in [0.5, 0.6) is 0 Å². The second kappa shape index (κ2) is 2.86. The van der Waals surface area contributed by atoms with E-state index in [0.717, 1.165) is 0 Å². The molecular formula is C6H9NO4. The molecule has 1 N–H and O–H groups in total. The van der Waals surface area contributed by atoms with Gasteiger partial charge < -0.3 is 5.11 Å². The molecule has 0 aliphatic heterocycles. The fraction of sp³-hybridized carbons (Fsp3) is 0.833. The minimum absolute atomic E-state index is 0.197. The summed E-state index contributed by atoms with van der Waals surface area (Å²) in [5.74, 6) is -1.40. The molecule has 2 unspecified atom stereocenters. The zero-order valence-corrected chi connectivity index (χ0v) is 5.90. The Morgan fingerprint density at radius 2 is 2.18 bits per heavy atom. The zero-order chi connectivity index (χ0) is 8.43. The summed E-state index contributed by atoms with van der Waals surface area (Å²) in [4.78, 5) is 20.1. The van der Waals surface area contributed by atoms with Gasteiger partial charge in [-0.3, -0.25) is 14.9 Å². The smallest absolute Gasteiger partial charge is 0.306 e. The minimum Gasteiger partial charge on any atom is -0.481 e. The van der Waals surface area contributed by atoms with Gasteiger partial charge in [0.1, 0.15) is 0 Å². The molecule has 1 aliphatic rings. The highest BCUT2D eigenvalue weighted by Gasteiger charge is 2.36. The molecule has 0 heterocycles. The van der Waals surface area contributed by atoms with Gasteiger partial charge in [0, 0.05) is 17.8 Å². The average Bonchev–Trinajstić information content (AvgIpc) is 2.33. The van der Waals surface area contributed by atoms with Gasteiger partial charge in [0.2, 0.25) is 6.04 Å². The van der Waals surface area contributed by atoms with Gasteiger partial charge in [0.15, 0.2) is 0 Å². The molecule has 0 aromatic heterocycles. The van der Waals surface area contributed by atoms with Crippen LogP contribution in [0.1, 0.15) is 19.3 Å². The van der Waals surface area contributed by atoms with Gasteiger partial charge in [-0.05, 0) is 6.42 Å². The van der Waals surface area contributed by atoms with E-state index in [1.165, 1.54) is 0 Å². The summed E-state index contributed by atoms with van der Waals surface area (Å²) < 4.78 is 0. The van der Waals surface area contributed by atoms with Gasteiger partial charge in [-0.2, -0.15) is 0 Å². The number of carboxylic acid groups (broad SMARTS) is 1. The molecule has 11 heavy (non-hydrogen) atoms. The lowest BCUT2D eigenvalue weighted by Gasteiger charge is -1.99. The summed E-state index contributed by atoms with van der Waals surface area (Å²) in [5.41, 5.74) is 0. The van der Waals surface area contributed by atoms with Crippen molar-refractivity contribution in [3.05, 3.63) is 10.1 Å². The van der Waals surface area contributed by atoms with Gasteiger partial charge in [-0.1, -0.05) is 0 Å². The molecule has 0 amide bonds. The van der Waals surface area contributed by atoms with E-state index in [0.29, 0.717) is 12.8 Å². The monoisotopic (exact) mass is 159 g/mol. The van der Waals surface area contributed by atoms with Crippen molar-refractivity contribution in [2.45, 2.75) is 25.3 Å². The molecule has 1 aliphatic carbocycles. The molecule has 0 spiro atoms.